The van der Waals surface area contributed by atoms with Gasteiger partial charge in [0.15, 0.2) is 0 Å². The van der Waals surface area contributed by atoms with E-state index in [0.29, 0.717) is 13.2 Å². The van der Waals surface area contributed by atoms with Gasteiger partial charge < -0.3 is 15.0 Å². The number of amides is 1. The first kappa shape index (κ1) is 14.4. The van der Waals surface area contributed by atoms with E-state index < -0.39 is 6.10 Å². The Morgan fingerprint density at radius 3 is 2.89 bits per heavy atom. The quantitative estimate of drug-likeness (QED) is 0.825. The van der Waals surface area contributed by atoms with E-state index in [1.165, 1.54) is 0 Å². The van der Waals surface area contributed by atoms with Gasteiger partial charge in [-0.05, 0) is 31.5 Å². The Kier molecular flexibility index (Phi) is 5.58. The minimum atomic E-state index is -0.412. The first-order valence-corrected chi connectivity index (χ1v) is 6.06. The topological polar surface area (TPSA) is 54.5 Å². The molecule has 0 bridgehead atoms. The molecule has 1 heterocycles. The van der Waals surface area contributed by atoms with Crippen molar-refractivity contribution in [1.29, 1.82) is 0 Å². The molecule has 0 aromatic carbocycles. The largest absolute Gasteiger partial charge is 0.369 e. The Hall–Kier alpha value is -1.62. The number of pyridine rings is 1. The number of hydrogen-bond acceptors (Lipinski definition) is 4. The van der Waals surface area contributed by atoms with Gasteiger partial charge >= 0.3 is 0 Å². The minimum Gasteiger partial charge on any atom is -0.369 e. The number of hydrogen-bond donors (Lipinski definition) is 1. The van der Waals surface area contributed by atoms with Crippen molar-refractivity contribution in [2.45, 2.75) is 26.5 Å². The number of carbonyl (C=O) groups is 1. The van der Waals surface area contributed by atoms with Gasteiger partial charge in [-0.2, -0.15) is 0 Å². The molecule has 100 valence electrons. The molecular formula is C13H21N3O2. The molecule has 1 N–H and O–H groups in total. The second kappa shape index (κ2) is 6.96. The summed E-state index contributed by atoms with van der Waals surface area (Å²) in [5.41, 5.74) is 1.02. The first-order chi connectivity index (χ1) is 8.54. The Morgan fingerprint density at radius 2 is 2.28 bits per heavy atom. The van der Waals surface area contributed by atoms with Crippen molar-refractivity contribution in [2.24, 2.45) is 0 Å². The van der Waals surface area contributed by atoms with Gasteiger partial charge in [0.1, 0.15) is 11.9 Å². The highest BCUT2D eigenvalue weighted by molar-refractivity contribution is 5.80. The maximum absolute atomic E-state index is 11.7. The molecule has 1 aromatic heterocycles. The summed E-state index contributed by atoms with van der Waals surface area (Å²) in [7, 11) is 3.86. The number of anilines is 1. The van der Waals surface area contributed by atoms with Crippen LogP contribution in [0.25, 0.3) is 0 Å². The van der Waals surface area contributed by atoms with Crippen molar-refractivity contribution >= 4 is 11.7 Å². The molecule has 0 aliphatic carbocycles. The highest BCUT2D eigenvalue weighted by Gasteiger charge is 2.11. The van der Waals surface area contributed by atoms with Crippen molar-refractivity contribution in [3.05, 3.63) is 23.9 Å². The van der Waals surface area contributed by atoms with Crippen LogP contribution in [0.3, 0.4) is 0 Å². The molecule has 1 atom stereocenters. The van der Waals surface area contributed by atoms with E-state index in [9.17, 15) is 4.79 Å². The molecule has 0 radical (unpaired) electrons. The molecule has 5 heteroatoms. The first-order valence-electron chi connectivity index (χ1n) is 6.06. The molecule has 0 unspecified atom stereocenters. The predicted molar refractivity (Wildman–Crippen MR) is 71.5 cm³/mol. The number of nitrogens with zero attached hydrogens (tertiary/aromatic N) is 2. The number of ether oxygens (including phenoxy) is 1. The smallest absolute Gasteiger partial charge is 0.249 e. The van der Waals surface area contributed by atoms with Crippen LogP contribution in [0.5, 0.6) is 0 Å². The molecule has 18 heavy (non-hydrogen) atoms. The summed E-state index contributed by atoms with van der Waals surface area (Å²) in [5.74, 6) is 0.777. The zero-order chi connectivity index (χ0) is 13.5. The summed E-state index contributed by atoms with van der Waals surface area (Å²) >= 11 is 0. The molecule has 0 fully saturated rings. The lowest BCUT2D eigenvalue weighted by Gasteiger charge is -2.14. The van der Waals surface area contributed by atoms with E-state index in [0.717, 1.165) is 11.4 Å². The third-order valence-corrected chi connectivity index (χ3v) is 2.52. The maximum Gasteiger partial charge on any atom is 0.249 e. The van der Waals surface area contributed by atoms with Crippen LogP contribution in [0.1, 0.15) is 19.4 Å². The molecule has 0 aliphatic rings. The lowest BCUT2D eigenvalue weighted by Crippen LogP contribution is -2.34. The molecule has 1 aromatic rings. The van der Waals surface area contributed by atoms with E-state index >= 15 is 0 Å². The van der Waals surface area contributed by atoms with Crippen LogP contribution in [0.2, 0.25) is 0 Å². The molecule has 0 saturated carbocycles. The van der Waals surface area contributed by atoms with Gasteiger partial charge in [0.25, 0.3) is 0 Å². The highest BCUT2D eigenvalue weighted by atomic mass is 16.5. The number of nitrogens with one attached hydrogen (secondary N) is 1. The second-order valence-corrected chi connectivity index (χ2v) is 4.23. The van der Waals surface area contributed by atoms with Gasteiger partial charge in [0.2, 0.25) is 5.91 Å². The summed E-state index contributed by atoms with van der Waals surface area (Å²) in [4.78, 5) is 17.8. The summed E-state index contributed by atoms with van der Waals surface area (Å²) < 4.78 is 5.22. The van der Waals surface area contributed by atoms with E-state index in [1.807, 2.05) is 38.1 Å². The highest BCUT2D eigenvalue weighted by Crippen LogP contribution is 2.09. The third kappa shape index (κ3) is 4.33. The molecule has 0 aliphatic heterocycles. The maximum atomic E-state index is 11.7. The summed E-state index contributed by atoms with van der Waals surface area (Å²) in [6.45, 7) is 4.64. The average molecular weight is 251 g/mol. The zero-order valence-corrected chi connectivity index (χ0v) is 11.4. The van der Waals surface area contributed by atoms with Gasteiger partial charge in [0.05, 0.1) is 0 Å². The van der Waals surface area contributed by atoms with Crippen molar-refractivity contribution in [2.75, 3.05) is 25.6 Å². The average Bonchev–Trinajstić information content (AvgIpc) is 2.36. The SMILES string of the molecule is CCO[C@@H](C)C(=O)NCc1ccnc(N(C)C)c1. The molecule has 1 amide bonds. The fourth-order valence-corrected chi connectivity index (χ4v) is 1.47. The molecule has 0 saturated heterocycles. The van der Waals surface area contributed by atoms with Crippen LogP contribution < -0.4 is 10.2 Å². The monoisotopic (exact) mass is 251 g/mol. The van der Waals surface area contributed by atoms with Gasteiger partial charge in [-0.3, -0.25) is 4.79 Å². The van der Waals surface area contributed by atoms with Crippen molar-refractivity contribution in [3.63, 3.8) is 0 Å². The normalized spacial score (nSPS) is 12.0. The van der Waals surface area contributed by atoms with E-state index in [-0.39, 0.29) is 5.91 Å². The van der Waals surface area contributed by atoms with Crippen molar-refractivity contribution in [1.82, 2.24) is 10.3 Å². The Balaban J connectivity index is 2.53. The lowest BCUT2D eigenvalue weighted by atomic mass is 10.2. The third-order valence-electron chi connectivity index (χ3n) is 2.52. The van der Waals surface area contributed by atoms with E-state index in [2.05, 4.69) is 10.3 Å². The van der Waals surface area contributed by atoms with Crippen LogP contribution >= 0.6 is 0 Å². The summed E-state index contributed by atoms with van der Waals surface area (Å²) in [6.07, 6.45) is 1.33. The lowest BCUT2D eigenvalue weighted by molar-refractivity contribution is -0.131. The second-order valence-electron chi connectivity index (χ2n) is 4.23. The molecule has 0 spiro atoms. The van der Waals surface area contributed by atoms with E-state index in [4.69, 9.17) is 4.74 Å². The standard InChI is InChI=1S/C13H21N3O2/c1-5-18-10(2)13(17)15-9-11-6-7-14-12(8-11)16(3)4/h6-8,10H,5,9H2,1-4H3,(H,15,17)/t10-/m0/s1. The van der Waals surface area contributed by atoms with Gasteiger partial charge in [-0.1, -0.05) is 0 Å². The number of aromatic nitrogens is 1. The van der Waals surface area contributed by atoms with Gasteiger partial charge in [-0.25, -0.2) is 4.98 Å². The molecular weight excluding hydrogens is 230 g/mol. The van der Waals surface area contributed by atoms with E-state index in [1.54, 1.807) is 13.1 Å². The van der Waals surface area contributed by atoms with Crippen LogP contribution in [0.4, 0.5) is 5.82 Å². The minimum absolute atomic E-state index is 0.0972. The number of rotatable bonds is 6. The van der Waals surface area contributed by atoms with Gasteiger partial charge in [-0.15, -0.1) is 0 Å². The molecule has 5 nitrogen and oxygen atoms in total. The summed E-state index contributed by atoms with van der Waals surface area (Å²) in [6, 6.07) is 3.84. The molecule has 1 rings (SSSR count). The fourth-order valence-electron chi connectivity index (χ4n) is 1.47. The zero-order valence-electron chi connectivity index (χ0n) is 11.4. The van der Waals surface area contributed by atoms with Gasteiger partial charge in [0, 0.05) is 33.4 Å². The summed E-state index contributed by atoms with van der Waals surface area (Å²) in [5, 5.41) is 2.84. The fraction of sp³-hybridized carbons (Fsp3) is 0.538. The number of carbonyl (C=O) groups excluding carboxylic acids is 1. The predicted octanol–water partition coefficient (Wildman–Crippen LogP) is 1.19. The van der Waals surface area contributed by atoms with Crippen LogP contribution in [0, 0.1) is 0 Å². The van der Waals surface area contributed by atoms with Crippen LogP contribution in [0.15, 0.2) is 18.3 Å². The Bertz CT molecular complexity index is 394. The van der Waals surface area contributed by atoms with Crippen LogP contribution in [-0.4, -0.2) is 37.7 Å². The van der Waals surface area contributed by atoms with Crippen molar-refractivity contribution in [3.8, 4) is 0 Å². The van der Waals surface area contributed by atoms with Crippen LogP contribution in [-0.2, 0) is 16.1 Å². The Morgan fingerprint density at radius 1 is 1.56 bits per heavy atom. The van der Waals surface area contributed by atoms with Crippen molar-refractivity contribution < 1.29 is 9.53 Å². The Labute approximate surface area is 108 Å².